The Morgan fingerprint density at radius 1 is 1.59 bits per heavy atom. The van der Waals surface area contributed by atoms with E-state index in [9.17, 15) is 9.18 Å². The lowest BCUT2D eigenvalue weighted by Gasteiger charge is -2.20. The van der Waals surface area contributed by atoms with Gasteiger partial charge in [-0.25, -0.2) is 4.39 Å². The maximum Gasteiger partial charge on any atom is 0.227 e. The Balaban J connectivity index is 2.41. The molecule has 90 valence electrons. The van der Waals surface area contributed by atoms with Gasteiger partial charge in [0, 0.05) is 23.4 Å². The topological polar surface area (TPSA) is 46.3 Å². The standard InChI is InChI=1S/C12H12BrFN2O/c1-2-7-3-11(17)16(6-7)12-9(13)4-8(14)5-10(12)15/h2,4-5,7H,1,3,6,15H2. The highest BCUT2D eigenvalue weighted by molar-refractivity contribution is 9.10. The van der Waals surface area contributed by atoms with Crippen LogP contribution < -0.4 is 10.6 Å². The van der Waals surface area contributed by atoms with Crippen LogP contribution in [-0.4, -0.2) is 12.5 Å². The highest BCUT2D eigenvalue weighted by atomic mass is 79.9. The predicted octanol–water partition coefficient (Wildman–Crippen LogP) is 2.71. The van der Waals surface area contributed by atoms with E-state index in [1.54, 1.807) is 11.0 Å². The van der Waals surface area contributed by atoms with Gasteiger partial charge in [0.1, 0.15) is 5.82 Å². The van der Waals surface area contributed by atoms with Crippen molar-refractivity contribution >= 4 is 33.2 Å². The maximum absolute atomic E-state index is 13.1. The molecule has 1 aliphatic heterocycles. The van der Waals surface area contributed by atoms with Crippen LogP contribution in [0.2, 0.25) is 0 Å². The van der Waals surface area contributed by atoms with Crippen molar-refractivity contribution in [1.82, 2.24) is 0 Å². The minimum Gasteiger partial charge on any atom is -0.397 e. The van der Waals surface area contributed by atoms with Crippen molar-refractivity contribution in [2.24, 2.45) is 5.92 Å². The van der Waals surface area contributed by atoms with E-state index in [1.165, 1.54) is 12.1 Å². The molecule has 5 heteroatoms. The van der Waals surface area contributed by atoms with Crippen molar-refractivity contribution in [2.45, 2.75) is 6.42 Å². The largest absolute Gasteiger partial charge is 0.397 e. The van der Waals surface area contributed by atoms with Gasteiger partial charge in [-0.05, 0) is 28.1 Å². The molecule has 0 saturated carbocycles. The molecule has 0 aromatic heterocycles. The number of carbonyl (C=O) groups is 1. The molecule has 1 atom stereocenters. The van der Waals surface area contributed by atoms with Gasteiger partial charge in [-0.15, -0.1) is 6.58 Å². The normalized spacial score (nSPS) is 19.8. The summed E-state index contributed by atoms with van der Waals surface area (Å²) in [7, 11) is 0. The number of carbonyl (C=O) groups excluding carboxylic acids is 1. The van der Waals surface area contributed by atoms with Gasteiger partial charge >= 0.3 is 0 Å². The molecule has 1 aromatic rings. The lowest BCUT2D eigenvalue weighted by molar-refractivity contribution is -0.117. The summed E-state index contributed by atoms with van der Waals surface area (Å²) in [5.41, 5.74) is 6.56. The summed E-state index contributed by atoms with van der Waals surface area (Å²) >= 11 is 3.24. The Labute approximate surface area is 107 Å². The van der Waals surface area contributed by atoms with Gasteiger partial charge < -0.3 is 10.6 Å². The molecule has 1 unspecified atom stereocenters. The van der Waals surface area contributed by atoms with Crippen molar-refractivity contribution in [3.63, 3.8) is 0 Å². The molecule has 1 saturated heterocycles. The van der Waals surface area contributed by atoms with E-state index >= 15 is 0 Å². The second-order valence-electron chi connectivity index (χ2n) is 4.03. The van der Waals surface area contributed by atoms with E-state index in [0.29, 0.717) is 23.1 Å². The van der Waals surface area contributed by atoms with Crippen LogP contribution in [0, 0.1) is 11.7 Å². The van der Waals surface area contributed by atoms with Crippen LogP contribution in [0.25, 0.3) is 0 Å². The molecule has 1 aromatic carbocycles. The zero-order valence-electron chi connectivity index (χ0n) is 9.12. The first kappa shape index (κ1) is 12.1. The Bertz CT molecular complexity index is 466. The second-order valence-corrected chi connectivity index (χ2v) is 4.88. The summed E-state index contributed by atoms with van der Waals surface area (Å²) in [6, 6.07) is 2.52. The molecule has 1 heterocycles. The highest BCUT2D eigenvalue weighted by Gasteiger charge is 2.31. The van der Waals surface area contributed by atoms with Crippen LogP contribution >= 0.6 is 15.9 Å². The number of benzene rings is 1. The van der Waals surface area contributed by atoms with Crippen molar-refractivity contribution < 1.29 is 9.18 Å². The van der Waals surface area contributed by atoms with Gasteiger partial charge in [-0.1, -0.05) is 6.08 Å². The molecule has 0 spiro atoms. The molecule has 2 N–H and O–H groups in total. The van der Waals surface area contributed by atoms with E-state index in [1.807, 2.05) is 0 Å². The van der Waals surface area contributed by atoms with Crippen LogP contribution in [0.1, 0.15) is 6.42 Å². The lowest BCUT2D eigenvalue weighted by atomic mass is 10.1. The third-order valence-electron chi connectivity index (χ3n) is 2.82. The summed E-state index contributed by atoms with van der Waals surface area (Å²) in [6.45, 7) is 4.22. The first-order chi connectivity index (χ1) is 8.02. The fourth-order valence-corrected chi connectivity index (χ4v) is 2.64. The molecule has 0 bridgehead atoms. The van der Waals surface area contributed by atoms with E-state index in [4.69, 9.17) is 5.73 Å². The van der Waals surface area contributed by atoms with Gasteiger partial charge in [0.05, 0.1) is 11.4 Å². The smallest absolute Gasteiger partial charge is 0.227 e. The zero-order valence-corrected chi connectivity index (χ0v) is 10.7. The Morgan fingerprint density at radius 2 is 2.29 bits per heavy atom. The summed E-state index contributed by atoms with van der Waals surface area (Å²) in [4.78, 5) is 13.4. The molecule has 0 radical (unpaired) electrons. The lowest BCUT2D eigenvalue weighted by Crippen LogP contribution is -2.25. The van der Waals surface area contributed by atoms with Crippen molar-refractivity contribution in [2.75, 3.05) is 17.2 Å². The first-order valence-corrected chi connectivity index (χ1v) is 5.99. The first-order valence-electron chi connectivity index (χ1n) is 5.20. The summed E-state index contributed by atoms with van der Waals surface area (Å²) in [6.07, 6.45) is 2.18. The summed E-state index contributed by atoms with van der Waals surface area (Å²) in [5.74, 6) is -0.321. The van der Waals surface area contributed by atoms with Crippen LogP contribution in [-0.2, 0) is 4.79 Å². The molecule has 1 fully saturated rings. The molecule has 0 aliphatic carbocycles. The van der Waals surface area contributed by atoms with Gasteiger partial charge in [0.15, 0.2) is 0 Å². The Morgan fingerprint density at radius 3 is 2.82 bits per heavy atom. The Hall–Kier alpha value is -1.36. The van der Waals surface area contributed by atoms with Gasteiger partial charge in [0.2, 0.25) is 5.91 Å². The number of nitrogens with two attached hydrogens (primary N) is 1. The number of nitrogens with zero attached hydrogens (tertiary/aromatic N) is 1. The molecule has 3 nitrogen and oxygen atoms in total. The molecule has 2 rings (SSSR count). The summed E-state index contributed by atoms with van der Waals surface area (Å²) < 4.78 is 13.6. The fraction of sp³-hybridized carbons (Fsp3) is 0.250. The second kappa shape index (κ2) is 4.49. The van der Waals surface area contributed by atoms with Crippen LogP contribution in [0.4, 0.5) is 15.8 Å². The maximum atomic E-state index is 13.1. The molecular weight excluding hydrogens is 287 g/mol. The van der Waals surface area contributed by atoms with E-state index in [0.717, 1.165) is 0 Å². The Kier molecular flexibility index (Phi) is 3.19. The van der Waals surface area contributed by atoms with E-state index < -0.39 is 5.82 Å². The molecule has 1 amide bonds. The number of hydrogen-bond acceptors (Lipinski definition) is 2. The average Bonchev–Trinajstić information content (AvgIpc) is 2.59. The number of amides is 1. The number of hydrogen-bond donors (Lipinski definition) is 1. The fourth-order valence-electron chi connectivity index (χ4n) is 1.98. The van der Waals surface area contributed by atoms with E-state index in [2.05, 4.69) is 22.5 Å². The predicted molar refractivity (Wildman–Crippen MR) is 69.2 cm³/mol. The molecular formula is C12H12BrFN2O. The zero-order chi connectivity index (χ0) is 12.6. The van der Waals surface area contributed by atoms with Crippen molar-refractivity contribution in [3.05, 3.63) is 35.1 Å². The molecule has 1 aliphatic rings. The molecule has 17 heavy (non-hydrogen) atoms. The van der Waals surface area contributed by atoms with Crippen molar-refractivity contribution in [1.29, 1.82) is 0 Å². The average molecular weight is 299 g/mol. The SMILES string of the molecule is C=CC1CC(=O)N(c2c(N)cc(F)cc2Br)C1. The minimum absolute atomic E-state index is 0.0195. The third-order valence-corrected chi connectivity index (χ3v) is 3.42. The minimum atomic E-state index is -0.426. The highest BCUT2D eigenvalue weighted by Crippen LogP contribution is 2.37. The van der Waals surface area contributed by atoms with Crippen molar-refractivity contribution in [3.8, 4) is 0 Å². The number of rotatable bonds is 2. The number of halogens is 2. The van der Waals surface area contributed by atoms with Gasteiger partial charge in [0.25, 0.3) is 0 Å². The van der Waals surface area contributed by atoms with Gasteiger partial charge in [-0.3, -0.25) is 4.79 Å². The number of nitrogen functional groups attached to an aromatic ring is 1. The van der Waals surface area contributed by atoms with E-state index in [-0.39, 0.29) is 17.5 Å². The third kappa shape index (κ3) is 2.20. The van der Waals surface area contributed by atoms with Crippen LogP contribution in [0.3, 0.4) is 0 Å². The summed E-state index contributed by atoms with van der Waals surface area (Å²) in [5, 5.41) is 0. The van der Waals surface area contributed by atoms with Crippen LogP contribution in [0.15, 0.2) is 29.3 Å². The quantitative estimate of drug-likeness (QED) is 0.674. The monoisotopic (exact) mass is 298 g/mol. The van der Waals surface area contributed by atoms with Gasteiger partial charge in [-0.2, -0.15) is 0 Å². The van der Waals surface area contributed by atoms with Crippen LogP contribution in [0.5, 0.6) is 0 Å². The number of anilines is 2.